The Kier molecular flexibility index (Phi) is 15.5. The summed E-state index contributed by atoms with van der Waals surface area (Å²) in [5.74, 6) is 1.60. The molecule has 0 aliphatic heterocycles. The van der Waals surface area contributed by atoms with Gasteiger partial charge in [-0.3, -0.25) is 0 Å². The Balaban J connectivity index is 0. The predicted octanol–water partition coefficient (Wildman–Crippen LogP) is 6.67. The second-order valence-corrected chi connectivity index (χ2v) is 4.23. The average molecular weight is 250 g/mol. The standard InChI is InChI=1S/C14H22.2C2H6/c1-4-13(5-2)11-12(3)14-9-7-6-8-10-14;2*1-2/h6-10,12-13H,4-5,11H2,1-3H3;2*1-2H3. The SMILES string of the molecule is CC.CC.CCC(CC)CC(C)c1ccccc1. The van der Waals surface area contributed by atoms with Gasteiger partial charge in [0.15, 0.2) is 0 Å². The van der Waals surface area contributed by atoms with Crippen molar-refractivity contribution in [2.24, 2.45) is 5.92 Å². The third-order valence-electron chi connectivity index (χ3n) is 3.21. The van der Waals surface area contributed by atoms with Gasteiger partial charge in [-0.2, -0.15) is 0 Å². The Morgan fingerprint density at radius 1 is 0.833 bits per heavy atom. The second kappa shape index (κ2) is 14.3. The van der Waals surface area contributed by atoms with Crippen molar-refractivity contribution < 1.29 is 0 Å². The Hall–Kier alpha value is -0.780. The number of hydrogen-bond acceptors (Lipinski definition) is 0. The van der Waals surface area contributed by atoms with E-state index in [4.69, 9.17) is 0 Å². The zero-order chi connectivity index (χ0) is 14.4. The monoisotopic (exact) mass is 250 g/mol. The van der Waals surface area contributed by atoms with Crippen LogP contribution in [0.15, 0.2) is 30.3 Å². The summed E-state index contributed by atoms with van der Waals surface area (Å²) in [6, 6.07) is 10.9. The van der Waals surface area contributed by atoms with E-state index in [9.17, 15) is 0 Å². The van der Waals surface area contributed by atoms with Crippen LogP contribution in [0.5, 0.6) is 0 Å². The molecular formula is C18H34. The summed E-state index contributed by atoms with van der Waals surface area (Å²) in [6.45, 7) is 14.9. The maximum absolute atomic E-state index is 2.34. The van der Waals surface area contributed by atoms with Crippen molar-refractivity contribution in [3.05, 3.63) is 35.9 Å². The fourth-order valence-corrected chi connectivity index (χ4v) is 2.04. The normalized spacial score (nSPS) is 10.9. The van der Waals surface area contributed by atoms with Gasteiger partial charge >= 0.3 is 0 Å². The van der Waals surface area contributed by atoms with Crippen LogP contribution in [0.25, 0.3) is 0 Å². The first-order chi connectivity index (χ1) is 8.77. The molecule has 1 rings (SSSR count). The topological polar surface area (TPSA) is 0 Å². The molecule has 0 aromatic heterocycles. The van der Waals surface area contributed by atoms with E-state index in [1.807, 2.05) is 27.7 Å². The van der Waals surface area contributed by atoms with E-state index in [1.54, 1.807) is 0 Å². The molecule has 0 N–H and O–H groups in total. The Labute approximate surface area is 116 Å². The molecule has 1 aromatic carbocycles. The van der Waals surface area contributed by atoms with E-state index in [0.717, 1.165) is 5.92 Å². The number of benzene rings is 1. The van der Waals surface area contributed by atoms with Crippen molar-refractivity contribution in [3.63, 3.8) is 0 Å². The highest BCUT2D eigenvalue weighted by Crippen LogP contribution is 2.26. The molecule has 0 radical (unpaired) electrons. The molecular weight excluding hydrogens is 216 g/mol. The van der Waals surface area contributed by atoms with Crippen molar-refractivity contribution in [2.45, 2.75) is 73.6 Å². The molecule has 0 heteroatoms. The lowest BCUT2D eigenvalue weighted by Crippen LogP contribution is -2.03. The molecule has 0 heterocycles. The lowest BCUT2D eigenvalue weighted by molar-refractivity contribution is 0.422. The molecule has 18 heavy (non-hydrogen) atoms. The largest absolute Gasteiger partial charge is 0.0683 e. The molecule has 1 atom stereocenters. The van der Waals surface area contributed by atoms with Gasteiger partial charge in [-0.25, -0.2) is 0 Å². The van der Waals surface area contributed by atoms with Crippen LogP contribution in [0, 0.1) is 5.92 Å². The summed E-state index contributed by atoms with van der Waals surface area (Å²) in [6.07, 6.45) is 3.96. The van der Waals surface area contributed by atoms with E-state index in [-0.39, 0.29) is 0 Å². The predicted molar refractivity (Wildman–Crippen MR) is 86.2 cm³/mol. The van der Waals surface area contributed by atoms with Gasteiger partial charge in [0.05, 0.1) is 0 Å². The average Bonchev–Trinajstić information content (AvgIpc) is 2.49. The molecule has 0 fully saturated rings. The molecule has 0 nitrogen and oxygen atoms in total. The number of hydrogen-bond donors (Lipinski definition) is 0. The van der Waals surface area contributed by atoms with E-state index >= 15 is 0 Å². The van der Waals surface area contributed by atoms with Crippen LogP contribution in [0.1, 0.15) is 79.2 Å². The molecule has 0 saturated heterocycles. The van der Waals surface area contributed by atoms with Crippen LogP contribution >= 0.6 is 0 Å². The van der Waals surface area contributed by atoms with Gasteiger partial charge < -0.3 is 0 Å². The molecule has 0 saturated carbocycles. The quantitative estimate of drug-likeness (QED) is 0.547. The Morgan fingerprint density at radius 2 is 1.28 bits per heavy atom. The lowest BCUT2D eigenvalue weighted by Gasteiger charge is -2.18. The minimum Gasteiger partial charge on any atom is -0.0683 e. The molecule has 0 aliphatic rings. The fraction of sp³-hybridized carbons (Fsp3) is 0.667. The number of rotatable bonds is 5. The van der Waals surface area contributed by atoms with Gasteiger partial charge in [-0.05, 0) is 23.8 Å². The van der Waals surface area contributed by atoms with Gasteiger partial charge in [0.1, 0.15) is 0 Å². The summed E-state index contributed by atoms with van der Waals surface area (Å²) in [4.78, 5) is 0. The summed E-state index contributed by atoms with van der Waals surface area (Å²) >= 11 is 0. The van der Waals surface area contributed by atoms with Gasteiger partial charge in [0.2, 0.25) is 0 Å². The van der Waals surface area contributed by atoms with Crippen LogP contribution in [0.4, 0.5) is 0 Å². The van der Waals surface area contributed by atoms with Crippen molar-refractivity contribution in [1.82, 2.24) is 0 Å². The summed E-state index contributed by atoms with van der Waals surface area (Å²) in [5.41, 5.74) is 1.49. The van der Waals surface area contributed by atoms with E-state index < -0.39 is 0 Å². The Bertz CT molecular complexity index is 233. The highest BCUT2D eigenvalue weighted by atomic mass is 14.2. The molecule has 0 amide bonds. The molecule has 0 aliphatic carbocycles. The van der Waals surface area contributed by atoms with Crippen LogP contribution < -0.4 is 0 Å². The van der Waals surface area contributed by atoms with E-state index in [1.165, 1.54) is 24.8 Å². The van der Waals surface area contributed by atoms with Gasteiger partial charge in [-0.1, -0.05) is 91.6 Å². The smallest absolute Gasteiger partial charge is 0.0188 e. The second-order valence-electron chi connectivity index (χ2n) is 4.23. The third-order valence-corrected chi connectivity index (χ3v) is 3.21. The van der Waals surface area contributed by atoms with Crippen LogP contribution in [0.2, 0.25) is 0 Å². The van der Waals surface area contributed by atoms with Gasteiger partial charge in [0, 0.05) is 0 Å². The summed E-state index contributed by atoms with van der Waals surface area (Å²) < 4.78 is 0. The van der Waals surface area contributed by atoms with Crippen molar-refractivity contribution in [3.8, 4) is 0 Å². The molecule has 1 unspecified atom stereocenters. The highest BCUT2D eigenvalue weighted by Gasteiger charge is 2.10. The van der Waals surface area contributed by atoms with Crippen molar-refractivity contribution in [2.75, 3.05) is 0 Å². The van der Waals surface area contributed by atoms with Crippen LogP contribution in [-0.2, 0) is 0 Å². The summed E-state index contributed by atoms with van der Waals surface area (Å²) in [7, 11) is 0. The van der Waals surface area contributed by atoms with Gasteiger partial charge in [-0.15, -0.1) is 0 Å². The molecule has 0 bridgehead atoms. The molecule has 1 aromatic rings. The first-order valence-electron chi connectivity index (χ1n) is 7.82. The van der Waals surface area contributed by atoms with Crippen molar-refractivity contribution >= 4 is 0 Å². The minimum absolute atomic E-state index is 0.709. The first-order valence-corrected chi connectivity index (χ1v) is 7.82. The summed E-state index contributed by atoms with van der Waals surface area (Å²) in [5, 5.41) is 0. The highest BCUT2D eigenvalue weighted by molar-refractivity contribution is 5.18. The lowest BCUT2D eigenvalue weighted by atomic mass is 9.87. The van der Waals surface area contributed by atoms with Crippen LogP contribution in [-0.4, -0.2) is 0 Å². The first kappa shape index (κ1) is 19.6. The van der Waals surface area contributed by atoms with Crippen LogP contribution in [0.3, 0.4) is 0 Å². The third kappa shape index (κ3) is 8.33. The van der Waals surface area contributed by atoms with Crippen molar-refractivity contribution in [1.29, 1.82) is 0 Å². The Morgan fingerprint density at radius 3 is 1.67 bits per heavy atom. The molecule has 106 valence electrons. The van der Waals surface area contributed by atoms with E-state index in [0.29, 0.717) is 5.92 Å². The fourth-order valence-electron chi connectivity index (χ4n) is 2.04. The van der Waals surface area contributed by atoms with Gasteiger partial charge in [0.25, 0.3) is 0 Å². The molecule has 0 spiro atoms. The zero-order valence-electron chi connectivity index (χ0n) is 13.7. The maximum Gasteiger partial charge on any atom is -0.0188 e. The minimum atomic E-state index is 0.709. The van der Waals surface area contributed by atoms with E-state index in [2.05, 4.69) is 51.1 Å². The zero-order valence-corrected chi connectivity index (χ0v) is 13.7. The maximum atomic E-state index is 2.34.